The Labute approximate surface area is 120 Å². The quantitative estimate of drug-likeness (QED) is 0.749. The van der Waals surface area contributed by atoms with Crippen LogP contribution in [0.5, 0.6) is 0 Å². The molecular formula is C14H6ClF3NO2-. The van der Waals surface area contributed by atoms with E-state index < -0.39 is 17.7 Å². The van der Waals surface area contributed by atoms with Crippen LogP contribution in [0.2, 0.25) is 5.02 Å². The molecule has 3 nitrogen and oxygen atoms in total. The van der Waals surface area contributed by atoms with Crippen molar-refractivity contribution in [2.45, 2.75) is 6.18 Å². The molecule has 1 heterocycles. The molecule has 0 radical (unpaired) electrons. The van der Waals surface area contributed by atoms with Gasteiger partial charge in [0.1, 0.15) is 0 Å². The van der Waals surface area contributed by atoms with Crippen LogP contribution in [0.15, 0.2) is 30.3 Å². The Morgan fingerprint density at radius 1 is 1.14 bits per heavy atom. The van der Waals surface area contributed by atoms with Gasteiger partial charge in [-0.05, 0) is 12.1 Å². The van der Waals surface area contributed by atoms with Crippen LogP contribution in [0.4, 0.5) is 13.2 Å². The molecule has 7 heteroatoms. The molecule has 0 aliphatic rings. The number of hydrogen-bond acceptors (Lipinski definition) is 2. The zero-order chi connectivity index (χ0) is 15.4. The molecule has 3 aromatic rings. The molecule has 0 atom stereocenters. The van der Waals surface area contributed by atoms with Crippen molar-refractivity contribution in [2.75, 3.05) is 0 Å². The Kier molecular flexibility index (Phi) is 2.88. The van der Waals surface area contributed by atoms with E-state index >= 15 is 0 Å². The van der Waals surface area contributed by atoms with E-state index in [4.69, 9.17) is 11.6 Å². The first-order chi connectivity index (χ1) is 9.80. The molecule has 0 spiro atoms. The molecule has 0 bridgehead atoms. The zero-order valence-corrected chi connectivity index (χ0v) is 11.0. The van der Waals surface area contributed by atoms with Crippen LogP contribution in [0.1, 0.15) is 15.9 Å². The summed E-state index contributed by atoms with van der Waals surface area (Å²) in [5.41, 5.74) is -0.974. The Morgan fingerprint density at radius 3 is 2.48 bits per heavy atom. The normalized spacial score (nSPS) is 12.2. The topological polar surface area (TPSA) is 55.9 Å². The van der Waals surface area contributed by atoms with Gasteiger partial charge in [-0.1, -0.05) is 29.8 Å². The molecule has 1 aromatic heterocycles. The molecule has 0 saturated heterocycles. The number of aromatic carboxylic acids is 1. The minimum absolute atomic E-state index is 0.0511. The zero-order valence-electron chi connectivity index (χ0n) is 10.2. The van der Waals surface area contributed by atoms with Crippen molar-refractivity contribution in [3.8, 4) is 0 Å². The highest BCUT2D eigenvalue weighted by Crippen LogP contribution is 2.41. The predicted molar refractivity (Wildman–Crippen MR) is 70.1 cm³/mol. The molecule has 3 rings (SSSR count). The number of carbonyl (C=O) groups excluding carboxylic acids is 1. The van der Waals surface area contributed by atoms with Gasteiger partial charge in [-0.15, -0.1) is 0 Å². The number of hydrogen-bond donors (Lipinski definition) is 1. The van der Waals surface area contributed by atoms with Gasteiger partial charge in [0.15, 0.2) is 0 Å². The fourth-order valence-electron chi connectivity index (χ4n) is 2.41. The summed E-state index contributed by atoms with van der Waals surface area (Å²) in [5.74, 6) is -1.48. The van der Waals surface area contributed by atoms with Gasteiger partial charge in [-0.3, -0.25) is 0 Å². The summed E-state index contributed by atoms with van der Waals surface area (Å²) in [6.45, 7) is 0. The maximum absolute atomic E-state index is 13.1. The summed E-state index contributed by atoms with van der Waals surface area (Å²) in [4.78, 5) is 13.7. The number of aromatic nitrogens is 1. The Morgan fingerprint density at radius 2 is 1.86 bits per heavy atom. The van der Waals surface area contributed by atoms with E-state index in [0.29, 0.717) is 0 Å². The smallest absolute Gasteiger partial charge is 0.417 e. The van der Waals surface area contributed by atoms with E-state index in [0.717, 1.165) is 12.1 Å². The summed E-state index contributed by atoms with van der Waals surface area (Å²) in [6.07, 6.45) is -4.57. The molecule has 0 saturated carbocycles. The number of carboxylic acids is 1. The summed E-state index contributed by atoms with van der Waals surface area (Å²) in [6, 6.07) is 6.03. The van der Waals surface area contributed by atoms with Gasteiger partial charge in [0, 0.05) is 16.3 Å². The van der Waals surface area contributed by atoms with Crippen molar-refractivity contribution < 1.29 is 23.1 Å². The molecule has 0 aliphatic heterocycles. The molecule has 108 valence electrons. The maximum atomic E-state index is 13.1. The number of nitrogens with one attached hydrogen (secondary N) is 1. The Balaban J connectivity index is 2.56. The molecule has 1 N–H and O–H groups in total. The second-order valence-electron chi connectivity index (χ2n) is 4.48. The molecule has 0 fully saturated rings. The van der Waals surface area contributed by atoms with Gasteiger partial charge in [0.05, 0.1) is 27.6 Å². The van der Waals surface area contributed by atoms with Crippen LogP contribution in [0.3, 0.4) is 0 Å². The van der Waals surface area contributed by atoms with Gasteiger partial charge in [0.2, 0.25) is 0 Å². The fraction of sp³-hybridized carbons (Fsp3) is 0.0714. The number of para-hydroxylation sites is 1. The number of rotatable bonds is 1. The van der Waals surface area contributed by atoms with E-state index in [-0.39, 0.29) is 32.4 Å². The predicted octanol–water partition coefficient (Wildman–Crippen LogP) is 3.36. The minimum atomic E-state index is -4.57. The lowest BCUT2D eigenvalue weighted by molar-refractivity contribution is -0.254. The number of H-pyrrole nitrogens is 1. The van der Waals surface area contributed by atoms with Crippen molar-refractivity contribution in [1.82, 2.24) is 4.98 Å². The molecule has 2 aromatic carbocycles. The maximum Gasteiger partial charge on any atom is 0.417 e. The lowest BCUT2D eigenvalue weighted by Gasteiger charge is -2.09. The number of fused-ring (bicyclic) bond motifs is 3. The van der Waals surface area contributed by atoms with Gasteiger partial charge in [-0.2, -0.15) is 13.2 Å². The third kappa shape index (κ3) is 2.03. The third-order valence-corrected chi connectivity index (χ3v) is 3.58. The van der Waals surface area contributed by atoms with Crippen molar-refractivity contribution in [1.29, 1.82) is 0 Å². The van der Waals surface area contributed by atoms with Gasteiger partial charge in [0.25, 0.3) is 0 Å². The van der Waals surface area contributed by atoms with E-state index in [2.05, 4.69) is 4.98 Å². The summed E-state index contributed by atoms with van der Waals surface area (Å²) >= 11 is 5.92. The molecule has 0 unspecified atom stereocenters. The monoisotopic (exact) mass is 312 g/mol. The molecule has 21 heavy (non-hydrogen) atoms. The van der Waals surface area contributed by atoms with Gasteiger partial charge < -0.3 is 14.9 Å². The Hall–Kier alpha value is -2.21. The average molecular weight is 313 g/mol. The first kappa shape index (κ1) is 13.8. The van der Waals surface area contributed by atoms with E-state index in [9.17, 15) is 23.1 Å². The van der Waals surface area contributed by atoms with Crippen molar-refractivity contribution in [2.24, 2.45) is 0 Å². The molecular weight excluding hydrogens is 307 g/mol. The number of aromatic amines is 1. The highest BCUT2D eigenvalue weighted by Gasteiger charge is 2.34. The molecule has 0 amide bonds. The van der Waals surface area contributed by atoms with Crippen LogP contribution in [-0.4, -0.2) is 11.0 Å². The minimum Gasteiger partial charge on any atom is -0.545 e. The van der Waals surface area contributed by atoms with E-state index in [1.807, 2.05) is 0 Å². The largest absolute Gasteiger partial charge is 0.545 e. The van der Waals surface area contributed by atoms with Crippen LogP contribution < -0.4 is 5.11 Å². The fourth-order valence-corrected chi connectivity index (χ4v) is 2.61. The summed E-state index contributed by atoms with van der Waals surface area (Å²) in [7, 11) is 0. The van der Waals surface area contributed by atoms with Gasteiger partial charge >= 0.3 is 6.18 Å². The number of carboxylic acid groups (broad SMARTS) is 1. The third-order valence-electron chi connectivity index (χ3n) is 3.26. The lowest BCUT2D eigenvalue weighted by atomic mass is 10.0. The first-order valence-corrected chi connectivity index (χ1v) is 6.20. The highest BCUT2D eigenvalue weighted by atomic mass is 35.5. The number of alkyl halides is 3. The number of benzene rings is 2. The first-order valence-electron chi connectivity index (χ1n) is 5.82. The average Bonchev–Trinajstić information content (AvgIpc) is 2.77. The van der Waals surface area contributed by atoms with Crippen LogP contribution >= 0.6 is 11.6 Å². The Bertz CT molecular complexity index is 883. The molecule has 0 aliphatic carbocycles. The van der Waals surface area contributed by atoms with Crippen molar-refractivity contribution in [3.63, 3.8) is 0 Å². The summed E-state index contributed by atoms with van der Waals surface area (Å²) < 4.78 is 39.4. The van der Waals surface area contributed by atoms with E-state index in [1.165, 1.54) is 18.2 Å². The number of carbonyl (C=O) groups is 1. The van der Waals surface area contributed by atoms with Crippen LogP contribution in [0.25, 0.3) is 21.8 Å². The summed E-state index contributed by atoms with van der Waals surface area (Å²) in [5, 5.41) is 11.1. The SMILES string of the molecule is O=C([O-])c1cccc2c1[nH]c1c(Cl)ccc(C(F)(F)F)c12. The second-order valence-corrected chi connectivity index (χ2v) is 4.89. The van der Waals surface area contributed by atoms with E-state index in [1.54, 1.807) is 0 Å². The standard InChI is InChI=1S/C14H7ClF3NO2/c15-9-5-4-8(14(16,17)18)10-6-2-1-3-7(13(20)21)11(6)19-12(9)10/h1-5,19H,(H,20,21)/p-1. The highest BCUT2D eigenvalue weighted by molar-refractivity contribution is 6.36. The van der Waals surface area contributed by atoms with Crippen molar-refractivity contribution >= 4 is 39.4 Å². The van der Waals surface area contributed by atoms with Gasteiger partial charge in [-0.25, -0.2) is 0 Å². The number of halogens is 4. The van der Waals surface area contributed by atoms with Crippen molar-refractivity contribution in [3.05, 3.63) is 46.5 Å². The second kappa shape index (κ2) is 4.39. The van der Waals surface area contributed by atoms with Crippen LogP contribution in [-0.2, 0) is 6.18 Å². The van der Waals surface area contributed by atoms with Crippen LogP contribution in [0, 0.1) is 0 Å². The lowest BCUT2D eigenvalue weighted by Crippen LogP contribution is -2.22.